The van der Waals surface area contributed by atoms with Crippen LogP contribution in [0.2, 0.25) is 0 Å². The molecule has 0 unspecified atom stereocenters. The maximum atomic E-state index is 11.9. The molecule has 0 aliphatic carbocycles. The maximum absolute atomic E-state index is 11.9. The topological polar surface area (TPSA) is 101 Å². The van der Waals surface area contributed by atoms with Gasteiger partial charge in [-0.25, -0.2) is 9.59 Å². The first-order chi connectivity index (χ1) is 15.0. The molecule has 0 atom stereocenters. The van der Waals surface area contributed by atoms with E-state index < -0.39 is 11.9 Å². The summed E-state index contributed by atoms with van der Waals surface area (Å²) in [4.78, 5) is 23.3. The Morgan fingerprint density at radius 3 is 2.06 bits per heavy atom. The number of rotatable bonds is 12. The number of carbonyl (C=O) groups is 2. The predicted molar refractivity (Wildman–Crippen MR) is 114 cm³/mol. The number of hydrogen-bond acceptors (Lipinski definition) is 7. The van der Waals surface area contributed by atoms with Crippen LogP contribution in [0.1, 0.15) is 20.7 Å². The maximum Gasteiger partial charge on any atom is 0.341 e. The van der Waals surface area contributed by atoms with Crippen LogP contribution in [-0.4, -0.2) is 51.1 Å². The van der Waals surface area contributed by atoms with Crippen molar-refractivity contribution in [2.45, 2.75) is 0 Å². The van der Waals surface area contributed by atoms with E-state index in [0.717, 1.165) is 0 Å². The molecule has 0 fully saturated rings. The van der Waals surface area contributed by atoms with Gasteiger partial charge in [-0.15, -0.1) is 0 Å². The average molecular weight is 428 g/mol. The summed E-state index contributed by atoms with van der Waals surface area (Å²) in [7, 11) is 2.79. The van der Waals surface area contributed by atoms with Crippen LogP contribution in [0.25, 0.3) is 0 Å². The SMILES string of the molecule is C=CCOc1ccc(OC/C=C/COc2ccc(OC)cc2C(=O)OC)cc1C(=O)O. The first kappa shape index (κ1) is 23.3. The van der Waals surface area contributed by atoms with Gasteiger partial charge in [0.25, 0.3) is 0 Å². The van der Waals surface area contributed by atoms with Crippen LogP contribution in [0.4, 0.5) is 0 Å². The Labute approximate surface area is 180 Å². The van der Waals surface area contributed by atoms with E-state index in [1.165, 1.54) is 38.5 Å². The van der Waals surface area contributed by atoms with Crippen molar-refractivity contribution in [1.29, 1.82) is 0 Å². The van der Waals surface area contributed by atoms with E-state index in [-0.39, 0.29) is 36.7 Å². The highest BCUT2D eigenvalue weighted by molar-refractivity contribution is 5.93. The lowest BCUT2D eigenvalue weighted by Crippen LogP contribution is -2.06. The highest BCUT2D eigenvalue weighted by Gasteiger charge is 2.14. The van der Waals surface area contributed by atoms with E-state index in [9.17, 15) is 14.7 Å². The Hall–Kier alpha value is -3.94. The zero-order valence-corrected chi connectivity index (χ0v) is 17.3. The second-order valence-corrected chi connectivity index (χ2v) is 6.01. The number of carboxylic acid groups (broad SMARTS) is 1. The van der Waals surface area contributed by atoms with Crippen molar-refractivity contribution >= 4 is 11.9 Å². The Morgan fingerprint density at radius 1 is 0.871 bits per heavy atom. The molecule has 31 heavy (non-hydrogen) atoms. The Bertz CT molecular complexity index is 949. The molecule has 0 spiro atoms. The first-order valence-electron chi connectivity index (χ1n) is 9.28. The van der Waals surface area contributed by atoms with Crippen LogP contribution in [0.3, 0.4) is 0 Å². The molecule has 2 aromatic carbocycles. The third-order valence-electron chi connectivity index (χ3n) is 3.98. The largest absolute Gasteiger partial charge is 0.497 e. The predicted octanol–water partition coefficient (Wildman–Crippen LogP) is 3.76. The van der Waals surface area contributed by atoms with Crippen molar-refractivity contribution in [1.82, 2.24) is 0 Å². The normalized spacial score (nSPS) is 10.4. The van der Waals surface area contributed by atoms with Gasteiger partial charge in [0, 0.05) is 0 Å². The van der Waals surface area contributed by atoms with Gasteiger partial charge in [-0.1, -0.05) is 12.7 Å². The van der Waals surface area contributed by atoms with Crippen LogP contribution >= 0.6 is 0 Å². The van der Waals surface area contributed by atoms with Crippen LogP contribution in [0, 0.1) is 0 Å². The van der Waals surface area contributed by atoms with E-state index >= 15 is 0 Å². The molecule has 0 aromatic heterocycles. The van der Waals surface area contributed by atoms with Crippen LogP contribution in [-0.2, 0) is 4.74 Å². The lowest BCUT2D eigenvalue weighted by Gasteiger charge is -2.11. The van der Waals surface area contributed by atoms with Crippen molar-refractivity contribution < 1.29 is 38.4 Å². The van der Waals surface area contributed by atoms with Gasteiger partial charge in [0.15, 0.2) is 0 Å². The second kappa shape index (κ2) is 11.9. The molecule has 0 bridgehead atoms. The molecule has 0 aliphatic rings. The minimum atomic E-state index is -1.12. The van der Waals surface area contributed by atoms with Gasteiger partial charge in [0.05, 0.1) is 14.2 Å². The number of esters is 1. The van der Waals surface area contributed by atoms with Crippen LogP contribution in [0.5, 0.6) is 23.0 Å². The summed E-state index contributed by atoms with van der Waals surface area (Å²) in [5.41, 5.74) is 0.257. The molecule has 2 aromatic rings. The molecule has 0 radical (unpaired) electrons. The molecule has 1 N–H and O–H groups in total. The van der Waals surface area contributed by atoms with Crippen LogP contribution < -0.4 is 18.9 Å². The summed E-state index contributed by atoms with van der Waals surface area (Å²) in [6.07, 6.45) is 4.96. The summed E-state index contributed by atoms with van der Waals surface area (Å²) >= 11 is 0. The standard InChI is InChI=1S/C23H24O8/c1-4-11-30-20-10-8-17(15-18(20)22(24)25)29-12-5-6-13-31-21-9-7-16(27-2)14-19(21)23(26)28-3/h4-10,14-15H,1,11-13H2,2-3H3,(H,24,25)/b6-5+. The number of methoxy groups -OCH3 is 2. The number of aromatic carboxylic acids is 1. The van der Waals surface area contributed by atoms with Gasteiger partial charge in [-0.2, -0.15) is 0 Å². The monoisotopic (exact) mass is 428 g/mol. The second-order valence-electron chi connectivity index (χ2n) is 6.01. The molecule has 2 rings (SSSR count). The molecule has 0 saturated heterocycles. The van der Waals surface area contributed by atoms with Gasteiger partial charge in [0.2, 0.25) is 0 Å². The molecular formula is C23H24O8. The Morgan fingerprint density at radius 2 is 1.45 bits per heavy atom. The number of benzene rings is 2. The smallest absolute Gasteiger partial charge is 0.341 e. The minimum Gasteiger partial charge on any atom is -0.497 e. The third kappa shape index (κ3) is 6.81. The summed E-state index contributed by atoms with van der Waals surface area (Å²) in [5.74, 6) is -0.148. The Balaban J connectivity index is 1.92. The molecule has 164 valence electrons. The lowest BCUT2D eigenvalue weighted by molar-refractivity contribution is 0.0595. The summed E-state index contributed by atoms with van der Waals surface area (Å²) in [6.45, 7) is 4.12. The van der Waals surface area contributed by atoms with E-state index in [0.29, 0.717) is 17.2 Å². The van der Waals surface area contributed by atoms with Gasteiger partial charge in [-0.05, 0) is 48.6 Å². The molecule has 0 amide bonds. The number of carboxylic acids is 1. The molecule has 8 heteroatoms. The van der Waals surface area contributed by atoms with Crippen molar-refractivity contribution in [3.63, 3.8) is 0 Å². The fourth-order valence-electron chi connectivity index (χ4n) is 2.49. The quantitative estimate of drug-likeness (QED) is 0.403. The van der Waals surface area contributed by atoms with Gasteiger partial charge in [0.1, 0.15) is 53.9 Å². The highest BCUT2D eigenvalue weighted by atomic mass is 16.5. The number of ether oxygens (including phenoxy) is 5. The zero-order valence-electron chi connectivity index (χ0n) is 17.3. The fraction of sp³-hybridized carbons (Fsp3) is 0.217. The molecular weight excluding hydrogens is 404 g/mol. The van der Waals surface area contributed by atoms with Crippen molar-refractivity contribution in [3.05, 3.63) is 72.3 Å². The number of hydrogen-bond donors (Lipinski definition) is 1. The van der Waals surface area contributed by atoms with E-state index in [1.54, 1.807) is 30.4 Å². The average Bonchev–Trinajstić information content (AvgIpc) is 2.79. The summed E-state index contributed by atoms with van der Waals surface area (Å²) in [6, 6.07) is 9.39. The Kier molecular flexibility index (Phi) is 8.97. The lowest BCUT2D eigenvalue weighted by atomic mass is 10.2. The zero-order chi connectivity index (χ0) is 22.6. The van der Waals surface area contributed by atoms with Crippen molar-refractivity contribution in [2.24, 2.45) is 0 Å². The molecule has 8 nitrogen and oxygen atoms in total. The summed E-state index contributed by atoms with van der Waals surface area (Å²) in [5, 5.41) is 9.32. The van der Waals surface area contributed by atoms with Gasteiger partial charge < -0.3 is 28.8 Å². The highest BCUT2D eigenvalue weighted by Crippen LogP contribution is 2.26. The van der Waals surface area contributed by atoms with Gasteiger partial charge in [-0.3, -0.25) is 0 Å². The van der Waals surface area contributed by atoms with Crippen LogP contribution in [0.15, 0.2) is 61.2 Å². The fourth-order valence-corrected chi connectivity index (χ4v) is 2.49. The van der Waals surface area contributed by atoms with Gasteiger partial charge >= 0.3 is 11.9 Å². The molecule has 0 aliphatic heterocycles. The summed E-state index contributed by atoms with van der Waals surface area (Å²) < 4.78 is 26.4. The van der Waals surface area contributed by atoms with Crippen molar-refractivity contribution in [2.75, 3.05) is 34.0 Å². The van der Waals surface area contributed by atoms with E-state index in [4.69, 9.17) is 23.7 Å². The third-order valence-corrected chi connectivity index (χ3v) is 3.98. The molecule has 0 heterocycles. The molecule has 0 saturated carbocycles. The van der Waals surface area contributed by atoms with E-state index in [2.05, 4.69) is 6.58 Å². The van der Waals surface area contributed by atoms with Crippen molar-refractivity contribution in [3.8, 4) is 23.0 Å². The first-order valence-corrected chi connectivity index (χ1v) is 9.28. The number of carbonyl (C=O) groups excluding carboxylic acids is 1. The van der Waals surface area contributed by atoms with E-state index in [1.807, 2.05) is 0 Å². The minimum absolute atomic E-state index is 0.00140.